The molecule has 0 spiro atoms. The zero-order valence-corrected chi connectivity index (χ0v) is 13.2. The number of likely N-dealkylation sites (tertiary alicyclic amines) is 1. The molecular weight excluding hydrogens is 268 g/mol. The van der Waals surface area contributed by atoms with Crippen LogP contribution in [0.3, 0.4) is 0 Å². The quantitative estimate of drug-likeness (QED) is 0.841. The monoisotopic (exact) mass is 296 g/mol. The molecule has 2 aliphatic rings. The summed E-state index contributed by atoms with van der Waals surface area (Å²) in [6, 6.07) is -0.648. The zero-order chi connectivity index (χ0) is 15.4. The molecule has 1 aliphatic carbocycles. The van der Waals surface area contributed by atoms with Gasteiger partial charge in [-0.05, 0) is 37.5 Å². The summed E-state index contributed by atoms with van der Waals surface area (Å²) >= 11 is 0. The first-order chi connectivity index (χ1) is 10.0. The number of rotatable bonds is 3. The van der Waals surface area contributed by atoms with Crippen LogP contribution in [0, 0.1) is 11.8 Å². The molecule has 4 unspecified atom stereocenters. The van der Waals surface area contributed by atoms with E-state index in [-0.39, 0.29) is 18.0 Å². The van der Waals surface area contributed by atoms with Crippen LogP contribution in [0.4, 0.5) is 4.79 Å². The highest BCUT2D eigenvalue weighted by molar-refractivity contribution is 5.83. The Morgan fingerprint density at radius 3 is 2.57 bits per heavy atom. The minimum atomic E-state index is -0.881. The Bertz CT molecular complexity index is 386. The van der Waals surface area contributed by atoms with Crippen molar-refractivity contribution in [3.05, 3.63) is 0 Å². The molecule has 1 saturated heterocycles. The second-order valence-corrected chi connectivity index (χ2v) is 6.60. The van der Waals surface area contributed by atoms with E-state index in [0.717, 1.165) is 32.1 Å². The van der Waals surface area contributed by atoms with Crippen LogP contribution in [0.5, 0.6) is 0 Å². The number of nitrogens with one attached hydrogen (secondary N) is 1. The van der Waals surface area contributed by atoms with E-state index < -0.39 is 12.0 Å². The van der Waals surface area contributed by atoms with Crippen molar-refractivity contribution in [2.24, 2.45) is 11.8 Å². The molecule has 120 valence electrons. The topological polar surface area (TPSA) is 69.6 Å². The lowest BCUT2D eigenvalue weighted by molar-refractivity contribution is -0.145. The van der Waals surface area contributed by atoms with Crippen molar-refractivity contribution in [2.45, 2.75) is 70.9 Å². The zero-order valence-electron chi connectivity index (χ0n) is 13.2. The average molecular weight is 296 g/mol. The predicted molar refractivity (Wildman–Crippen MR) is 81.1 cm³/mol. The number of carboxylic acids is 1. The Morgan fingerprint density at radius 2 is 1.90 bits per heavy atom. The third-order valence-electron chi connectivity index (χ3n) is 5.19. The Labute approximate surface area is 127 Å². The highest BCUT2D eigenvalue weighted by Gasteiger charge is 2.38. The van der Waals surface area contributed by atoms with Gasteiger partial charge in [0.1, 0.15) is 6.04 Å². The summed E-state index contributed by atoms with van der Waals surface area (Å²) in [6.07, 6.45) is 7.42. The minimum absolute atomic E-state index is 0.0235. The van der Waals surface area contributed by atoms with Crippen LogP contribution in [0.15, 0.2) is 0 Å². The summed E-state index contributed by atoms with van der Waals surface area (Å²) in [6.45, 7) is 4.64. The Kier molecular flexibility index (Phi) is 5.48. The standard InChI is InChI=1S/C16H28N2O3/c1-3-12-8-4-5-9-13(12)17-16(21)18-10-6-7-11(2)14(18)15(19)20/h11-14H,3-10H2,1-2H3,(H,17,21)(H,19,20). The average Bonchev–Trinajstić information content (AvgIpc) is 2.47. The maximum atomic E-state index is 12.5. The molecule has 2 fully saturated rings. The minimum Gasteiger partial charge on any atom is -0.480 e. The molecule has 0 aromatic heterocycles. The summed E-state index contributed by atoms with van der Waals surface area (Å²) in [7, 11) is 0. The van der Waals surface area contributed by atoms with E-state index in [1.807, 2.05) is 6.92 Å². The smallest absolute Gasteiger partial charge is 0.326 e. The van der Waals surface area contributed by atoms with Gasteiger partial charge in [-0.1, -0.05) is 33.1 Å². The normalized spacial score (nSPS) is 33.5. The summed E-state index contributed by atoms with van der Waals surface area (Å²) in [4.78, 5) is 25.5. The largest absolute Gasteiger partial charge is 0.480 e. The van der Waals surface area contributed by atoms with E-state index in [2.05, 4.69) is 12.2 Å². The van der Waals surface area contributed by atoms with Crippen LogP contribution in [0.2, 0.25) is 0 Å². The van der Waals surface area contributed by atoms with Crippen LogP contribution in [0.25, 0.3) is 0 Å². The van der Waals surface area contributed by atoms with Gasteiger partial charge in [0.05, 0.1) is 0 Å². The van der Waals surface area contributed by atoms with Gasteiger partial charge in [-0.15, -0.1) is 0 Å². The summed E-state index contributed by atoms with van der Waals surface area (Å²) in [5, 5.41) is 12.5. The molecule has 0 radical (unpaired) electrons. The summed E-state index contributed by atoms with van der Waals surface area (Å²) < 4.78 is 0. The first-order valence-electron chi connectivity index (χ1n) is 8.34. The van der Waals surface area contributed by atoms with Gasteiger partial charge in [0, 0.05) is 12.6 Å². The number of hydrogen-bond donors (Lipinski definition) is 2. The highest BCUT2D eigenvalue weighted by atomic mass is 16.4. The Hall–Kier alpha value is -1.26. The first-order valence-corrected chi connectivity index (χ1v) is 8.34. The molecule has 21 heavy (non-hydrogen) atoms. The SMILES string of the molecule is CCC1CCCCC1NC(=O)N1CCCC(C)C1C(=O)O. The number of urea groups is 1. The van der Waals surface area contributed by atoms with Crippen molar-refractivity contribution in [1.82, 2.24) is 10.2 Å². The van der Waals surface area contributed by atoms with E-state index in [1.54, 1.807) is 0 Å². The van der Waals surface area contributed by atoms with Gasteiger partial charge in [0.2, 0.25) is 0 Å². The Morgan fingerprint density at radius 1 is 1.19 bits per heavy atom. The number of amides is 2. The maximum absolute atomic E-state index is 12.5. The van der Waals surface area contributed by atoms with Crippen LogP contribution < -0.4 is 5.32 Å². The van der Waals surface area contributed by atoms with Crippen molar-refractivity contribution in [3.8, 4) is 0 Å². The number of carbonyl (C=O) groups excluding carboxylic acids is 1. The summed E-state index contributed by atoms with van der Waals surface area (Å²) in [5.41, 5.74) is 0. The van der Waals surface area contributed by atoms with E-state index >= 15 is 0 Å². The number of nitrogens with zero attached hydrogens (tertiary/aromatic N) is 1. The number of aliphatic carboxylic acids is 1. The predicted octanol–water partition coefficient (Wildman–Crippen LogP) is 2.85. The highest BCUT2D eigenvalue weighted by Crippen LogP contribution is 2.28. The van der Waals surface area contributed by atoms with Gasteiger partial charge in [0.25, 0.3) is 0 Å². The molecule has 4 atom stereocenters. The van der Waals surface area contributed by atoms with Gasteiger partial charge in [-0.3, -0.25) is 0 Å². The van der Waals surface area contributed by atoms with Crippen LogP contribution in [0.1, 0.15) is 58.8 Å². The number of carboxylic acid groups (broad SMARTS) is 1. The fourth-order valence-corrected chi connectivity index (χ4v) is 3.92. The van der Waals surface area contributed by atoms with E-state index in [9.17, 15) is 14.7 Å². The lowest BCUT2D eigenvalue weighted by Gasteiger charge is -2.39. The van der Waals surface area contributed by atoms with Crippen molar-refractivity contribution in [2.75, 3.05) is 6.54 Å². The molecule has 5 heteroatoms. The van der Waals surface area contributed by atoms with Gasteiger partial charge in [0.15, 0.2) is 0 Å². The van der Waals surface area contributed by atoms with Crippen LogP contribution >= 0.6 is 0 Å². The summed E-state index contributed by atoms with van der Waals surface area (Å²) in [5.74, 6) is -0.323. The maximum Gasteiger partial charge on any atom is 0.326 e. The van der Waals surface area contributed by atoms with E-state index in [0.29, 0.717) is 12.5 Å². The second-order valence-electron chi connectivity index (χ2n) is 6.60. The molecule has 1 heterocycles. The van der Waals surface area contributed by atoms with Crippen LogP contribution in [-0.2, 0) is 4.79 Å². The van der Waals surface area contributed by atoms with Gasteiger partial charge in [-0.25, -0.2) is 9.59 Å². The van der Waals surface area contributed by atoms with Crippen LogP contribution in [-0.4, -0.2) is 40.6 Å². The third kappa shape index (κ3) is 3.69. The lowest BCUT2D eigenvalue weighted by atomic mass is 9.83. The lowest BCUT2D eigenvalue weighted by Crippen LogP contribution is -2.57. The van der Waals surface area contributed by atoms with E-state index in [4.69, 9.17) is 0 Å². The Balaban J connectivity index is 2.02. The molecule has 0 aromatic rings. The van der Waals surface area contributed by atoms with Gasteiger partial charge >= 0.3 is 12.0 Å². The molecular formula is C16H28N2O3. The van der Waals surface area contributed by atoms with Crippen molar-refractivity contribution < 1.29 is 14.7 Å². The molecule has 2 rings (SSSR count). The molecule has 1 saturated carbocycles. The number of piperidine rings is 1. The van der Waals surface area contributed by atoms with Gasteiger partial charge in [-0.2, -0.15) is 0 Å². The molecule has 2 N–H and O–H groups in total. The second kappa shape index (κ2) is 7.14. The first kappa shape index (κ1) is 16.1. The fourth-order valence-electron chi connectivity index (χ4n) is 3.92. The fraction of sp³-hybridized carbons (Fsp3) is 0.875. The third-order valence-corrected chi connectivity index (χ3v) is 5.19. The van der Waals surface area contributed by atoms with E-state index in [1.165, 1.54) is 17.7 Å². The van der Waals surface area contributed by atoms with Crippen molar-refractivity contribution >= 4 is 12.0 Å². The molecule has 2 amide bonds. The molecule has 0 bridgehead atoms. The van der Waals surface area contributed by atoms with Crippen molar-refractivity contribution in [1.29, 1.82) is 0 Å². The van der Waals surface area contributed by atoms with Crippen molar-refractivity contribution in [3.63, 3.8) is 0 Å². The number of hydrogen-bond acceptors (Lipinski definition) is 2. The van der Waals surface area contributed by atoms with Gasteiger partial charge < -0.3 is 15.3 Å². The molecule has 5 nitrogen and oxygen atoms in total. The molecule has 1 aliphatic heterocycles. The number of carbonyl (C=O) groups is 2. The molecule has 0 aromatic carbocycles.